The average molecular weight is 495 g/mol. The van der Waals surface area contributed by atoms with Crippen LogP contribution >= 0.6 is 23.2 Å². The van der Waals surface area contributed by atoms with Crippen molar-refractivity contribution in [2.45, 2.75) is 24.9 Å². The van der Waals surface area contributed by atoms with Crippen molar-refractivity contribution >= 4 is 29.0 Å². The van der Waals surface area contributed by atoms with E-state index in [0.717, 1.165) is 56.1 Å². The van der Waals surface area contributed by atoms with Crippen molar-refractivity contribution in [2.24, 2.45) is 4.99 Å². The van der Waals surface area contributed by atoms with Gasteiger partial charge >= 0.3 is 0 Å². The van der Waals surface area contributed by atoms with E-state index in [9.17, 15) is 5.26 Å². The van der Waals surface area contributed by atoms with Crippen LogP contribution in [-0.2, 0) is 4.74 Å². The molecule has 0 radical (unpaired) electrons. The fourth-order valence-electron chi connectivity index (χ4n) is 4.34. The van der Waals surface area contributed by atoms with Crippen molar-refractivity contribution in [3.63, 3.8) is 0 Å². The first-order valence-electron chi connectivity index (χ1n) is 11.3. The molecule has 0 aliphatic carbocycles. The summed E-state index contributed by atoms with van der Waals surface area (Å²) in [5.74, 6) is 0.467. The van der Waals surface area contributed by atoms with Gasteiger partial charge in [0.05, 0.1) is 41.7 Å². The number of benzene rings is 2. The van der Waals surface area contributed by atoms with Gasteiger partial charge in [-0.3, -0.25) is 15.2 Å². The van der Waals surface area contributed by atoms with Gasteiger partial charge < -0.3 is 4.74 Å². The number of likely N-dealkylation sites (tertiary alicyclic amines) is 1. The van der Waals surface area contributed by atoms with Gasteiger partial charge in [0, 0.05) is 23.7 Å². The largest absolute Gasteiger partial charge is 0.378 e. The second-order valence-corrected chi connectivity index (χ2v) is 9.30. The van der Waals surface area contributed by atoms with Gasteiger partial charge in [-0.05, 0) is 43.2 Å². The summed E-state index contributed by atoms with van der Waals surface area (Å²) in [5.41, 5.74) is 3.08. The molecule has 3 heterocycles. The predicted octanol–water partition coefficient (Wildman–Crippen LogP) is 4.53. The number of ether oxygens (including phenoxy) is 1. The quantitative estimate of drug-likeness (QED) is 0.244. The minimum Gasteiger partial charge on any atom is -0.378 e. The molecule has 0 amide bonds. The van der Waals surface area contributed by atoms with Crippen LogP contribution in [0.3, 0.4) is 0 Å². The molecular weight excluding hydrogens is 471 g/mol. The predicted molar refractivity (Wildman–Crippen MR) is 134 cm³/mol. The molecule has 2 saturated heterocycles. The summed E-state index contributed by atoms with van der Waals surface area (Å²) in [6.45, 7) is 3.60. The zero-order valence-corrected chi connectivity index (χ0v) is 20.0. The zero-order valence-electron chi connectivity index (χ0n) is 18.5. The highest BCUT2D eigenvalue weighted by Gasteiger charge is 2.30. The van der Waals surface area contributed by atoms with E-state index in [4.69, 9.17) is 38.0 Å². The van der Waals surface area contributed by atoms with Gasteiger partial charge in [-0.1, -0.05) is 47.5 Å². The first-order chi connectivity index (χ1) is 16.6. The summed E-state index contributed by atoms with van der Waals surface area (Å²) >= 11 is 12.6. The van der Waals surface area contributed by atoms with Gasteiger partial charge in [0.1, 0.15) is 5.69 Å². The molecule has 1 N–H and O–H groups in total. The number of para-hydroxylation sites is 1. The molecule has 9 heteroatoms. The second-order valence-electron chi connectivity index (χ2n) is 8.46. The van der Waals surface area contributed by atoms with Gasteiger partial charge in [0.25, 0.3) is 0 Å². The first kappa shape index (κ1) is 22.9. The summed E-state index contributed by atoms with van der Waals surface area (Å²) < 4.78 is 7.11. The SMILES string of the molecule is N#CNC(=NC1CCN(C2COC2)CC1)c1cc(-c2ccc(Cl)cc2)n(-c2ccccc2Cl)n1. The van der Waals surface area contributed by atoms with Crippen molar-refractivity contribution in [3.8, 4) is 23.1 Å². The Morgan fingerprint density at radius 1 is 1.09 bits per heavy atom. The van der Waals surface area contributed by atoms with Crippen LogP contribution in [0.1, 0.15) is 18.5 Å². The molecule has 0 saturated carbocycles. The first-order valence-corrected chi connectivity index (χ1v) is 12.0. The van der Waals surface area contributed by atoms with E-state index in [-0.39, 0.29) is 6.04 Å². The van der Waals surface area contributed by atoms with Crippen molar-refractivity contribution in [3.05, 3.63) is 70.3 Å². The van der Waals surface area contributed by atoms with Gasteiger partial charge in [-0.15, -0.1) is 0 Å². The van der Waals surface area contributed by atoms with Gasteiger partial charge in [-0.25, -0.2) is 4.68 Å². The Bertz CT molecular complexity index is 1220. The van der Waals surface area contributed by atoms with Crippen molar-refractivity contribution in [1.29, 1.82) is 5.26 Å². The van der Waals surface area contributed by atoms with Crippen molar-refractivity contribution < 1.29 is 4.74 Å². The third kappa shape index (κ3) is 4.82. The molecule has 0 bridgehead atoms. The van der Waals surface area contributed by atoms with Crippen LogP contribution in [0.2, 0.25) is 10.0 Å². The lowest BCUT2D eigenvalue weighted by atomic mass is 10.0. The molecule has 0 spiro atoms. The van der Waals surface area contributed by atoms with E-state index in [0.29, 0.717) is 27.6 Å². The maximum Gasteiger partial charge on any atom is 0.182 e. The highest BCUT2D eigenvalue weighted by atomic mass is 35.5. The molecule has 2 fully saturated rings. The van der Waals surface area contributed by atoms with Gasteiger partial charge in [0.15, 0.2) is 12.0 Å². The Kier molecular flexibility index (Phi) is 6.84. The Morgan fingerprint density at radius 3 is 2.47 bits per heavy atom. The van der Waals surface area contributed by atoms with Crippen molar-refractivity contribution in [2.75, 3.05) is 26.3 Å². The Labute approximate surface area is 208 Å². The number of hydrogen-bond acceptors (Lipinski definition) is 5. The number of nitrogens with zero attached hydrogens (tertiary/aromatic N) is 5. The van der Waals surface area contributed by atoms with E-state index in [2.05, 4.69) is 10.2 Å². The van der Waals surface area contributed by atoms with E-state index in [1.165, 1.54) is 0 Å². The molecule has 7 nitrogen and oxygen atoms in total. The highest BCUT2D eigenvalue weighted by molar-refractivity contribution is 6.32. The lowest BCUT2D eigenvalue weighted by Gasteiger charge is -2.40. The number of hydrogen-bond donors (Lipinski definition) is 1. The number of amidine groups is 1. The number of nitriles is 1. The third-order valence-electron chi connectivity index (χ3n) is 6.29. The Balaban J connectivity index is 1.49. The van der Waals surface area contributed by atoms with Crippen molar-refractivity contribution in [1.82, 2.24) is 20.0 Å². The zero-order chi connectivity index (χ0) is 23.5. The Hall–Kier alpha value is -2.89. The number of piperidine rings is 1. The van der Waals surface area contributed by atoms with E-state index >= 15 is 0 Å². The number of aliphatic imine (C=N–C) groups is 1. The van der Waals surface area contributed by atoms with E-state index in [1.54, 1.807) is 4.68 Å². The minimum atomic E-state index is 0.123. The van der Waals surface area contributed by atoms with Gasteiger partial charge in [0.2, 0.25) is 0 Å². The summed E-state index contributed by atoms with van der Waals surface area (Å²) in [7, 11) is 0. The summed E-state index contributed by atoms with van der Waals surface area (Å²) in [6.07, 6.45) is 3.89. The maximum absolute atomic E-state index is 9.43. The summed E-state index contributed by atoms with van der Waals surface area (Å²) in [5, 5.41) is 18.2. The third-order valence-corrected chi connectivity index (χ3v) is 6.87. The monoisotopic (exact) mass is 494 g/mol. The molecule has 3 aromatic rings. The standard InChI is InChI=1S/C25H24Cl2N6O/c26-18-7-5-17(6-8-18)24-13-22(31-33(24)23-4-2-1-3-21(23)27)25(29-16-28)30-19-9-11-32(12-10-19)20-14-34-15-20/h1-8,13,19-20H,9-12,14-15H2,(H,29,30). The molecular formula is C25H24Cl2N6O. The molecule has 5 rings (SSSR count). The fourth-order valence-corrected chi connectivity index (χ4v) is 4.68. The molecule has 0 unspecified atom stereocenters. The summed E-state index contributed by atoms with van der Waals surface area (Å²) in [6, 6.07) is 17.7. The van der Waals surface area contributed by atoms with Crippen LogP contribution in [0.25, 0.3) is 16.9 Å². The minimum absolute atomic E-state index is 0.123. The second kappa shape index (κ2) is 10.2. The Morgan fingerprint density at radius 2 is 1.82 bits per heavy atom. The number of rotatable bonds is 5. The number of nitrogens with one attached hydrogen (secondary N) is 1. The summed E-state index contributed by atoms with van der Waals surface area (Å²) in [4.78, 5) is 7.38. The molecule has 34 heavy (non-hydrogen) atoms. The molecule has 2 aromatic carbocycles. The van der Waals surface area contributed by atoms with Crippen LogP contribution in [0.5, 0.6) is 0 Å². The topological polar surface area (TPSA) is 78.5 Å². The number of halogens is 2. The highest BCUT2D eigenvalue weighted by Crippen LogP contribution is 2.29. The van der Waals surface area contributed by atoms with Crippen LogP contribution < -0.4 is 5.32 Å². The molecule has 0 atom stereocenters. The smallest absolute Gasteiger partial charge is 0.182 e. The van der Waals surface area contributed by atoms with Crippen LogP contribution in [0.15, 0.2) is 59.6 Å². The van der Waals surface area contributed by atoms with Gasteiger partial charge in [-0.2, -0.15) is 10.4 Å². The molecule has 2 aliphatic heterocycles. The lowest BCUT2D eigenvalue weighted by molar-refractivity contribution is -0.0709. The average Bonchev–Trinajstić information content (AvgIpc) is 3.25. The lowest BCUT2D eigenvalue weighted by Crippen LogP contribution is -2.52. The normalized spacial score (nSPS) is 17.9. The molecule has 1 aromatic heterocycles. The van der Waals surface area contributed by atoms with Crippen LogP contribution in [-0.4, -0.2) is 58.9 Å². The van der Waals surface area contributed by atoms with Crippen LogP contribution in [0, 0.1) is 11.5 Å². The van der Waals surface area contributed by atoms with E-state index in [1.807, 2.05) is 60.8 Å². The number of aromatic nitrogens is 2. The fraction of sp³-hybridized carbons (Fsp3) is 0.320. The van der Waals surface area contributed by atoms with Crippen LogP contribution in [0.4, 0.5) is 0 Å². The molecule has 2 aliphatic rings. The van der Waals surface area contributed by atoms with E-state index < -0.39 is 0 Å². The molecule has 174 valence electrons. The maximum atomic E-state index is 9.43.